The SMILES string of the molecule is NC/C=C/C1CCCc2ccccc21. The van der Waals surface area contributed by atoms with E-state index < -0.39 is 0 Å². The van der Waals surface area contributed by atoms with E-state index in [9.17, 15) is 0 Å². The van der Waals surface area contributed by atoms with Gasteiger partial charge in [-0.25, -0.2) is 0 Å². The van der Waals surface area contributed by atoms with Gasteiger partial charge in [0.15, 0.2) is 0 Å². The minimum atomic E-state index is 0.600. The summed E-state index contributed by atoms with van der Waals surface area (Å²) in [4.78, 5) is 0. The molecule has 0 aromatic heterocycles. The Bertz CT molecular complexity index is 328. The van der Waals surface area contributed by atoms with E-state index in [0.29, 0.717) is 12.5 Å². The molecule has 0 saturated carbocycles. The molecule has 1 aromatic rings. The van der Waals surface area contributed by atoms with E-state index in [0.717, 1.165) is 0 Å². The number of hydrogen-bond acceptors (Lipinski definition) is 1. The van der Waals surface area contributed by atoms with Crippen LogP contribution in [0.25, 0.3) is 0 Å². The first kappa shape index (κ1) is 9.47. The third-order valence-electron chi connectivity index (χ3n) is 2.92. The molecule has 0 amide bonds. The van der Waals surface area contributed by atoms with Gasteiger partial charge in [-0.2, -0.15) is 0 Å². The van der Waals surface area contributed by atoms with E-state index in [-0.39, 0.29) is 0 Å². The van der Waals surface area contributed by atoms with Crippen LogP contribution in [-0.4, -0.2) is 6.54 Å². The number of fused-ring (bicyclic) bond motifs is 1. The molecule has 74 valence electrons. The van der Waals surface area contributed by atoms with Crippen LogP contribution in [0.1, 0.15) is 29.9 Å². The Kier molecular flexibility index (Phi) is 3.00. The average Bonchev–Trinajstić information content (AvgIpc) is 2.26. The molecule has 1 aromatic carbocycles. The molecule has 0 fully saturated rings. The summed E-state index contributed by atoms with van der Waals surface area (Å²) < 4.78 is 0. The number of allylic oxidation sites excluding steroid dienone is 1. The molecule has 1 nitrogen and oxygen atoms in total. The normalized spacial score (nSPS) is 21.1. The summed E-state index contributed by atoms with van der Waals surface area (Å²) in [6.45, 7) is 0.651. The van der Waals surface area contributed by atoms with Crippen molar-refractivity contribution in [2.75, 3.05) is 6.54 Å². The van der Waals surface area contributed by atoms with Gasteiger partial charge in [0, 0.05) is 12.5 Å². The van der Waals surface area contributed by atoms with Crippen molar-refractivity contribution in [3.8, 4) is 0 Å². The molecule has 0 spiro atoms. The first-order chi connectivity index (χ1) is 6.92. The van der Waals surface area contributed by atoms with Crippen LogP contribution in [0.2, 0.25) is 0 Å². The van der Waals surface area contributed by atoms with E-state index in [1.54, 1.807) is 0 Å². The van der Waals surface area contributed by atoms with E-state index in [1.165, 1.54) is 30.4 Å². The van der Waals surface area contributed by atoms with Crippen LogP contribution >= 0.6 is 0 Å². The molecule has 1 aliphatic rings. The minimum absolute atomic E-state index is 0.600. The van der Waals surface area contributed by atoms with E-state index in [4.69, 9.17) is 5.73 Å². The molecular weight excluding hydrogens is 170 g/mol. The molecule has 1 unspecified atom stereocenters. The van der Waals surface area contributed by atoms with Gasteiger partial charge in [0.2, 0.25) is 0 Å². The lowest BCUT2D eigenvalue weighted by Gasteiger charge is -2.22. The largest absolute Gasteiger partial charge is 0.327 e. The summed E-state index contributed by atoms with van der Waals surface area (Å²) in [5.74, 6) is 0.600. The molecule has 1 atom stereocenters. The van der Waals surface area contributed by atoms with Crippen LogP contribution in [0, 0.1) is 0 Å². The molecule has 0 heterocycles. The lowest BCUT2D eigenvalue weighted by Crippen LogP contribution is -2.08. The zero-order valence-corrected chi connectivity index (χ0v) is 8.45. The number of aryl methyl sites for hydroxylation is 1. The highest BCUT2D eigenvalue weighted by Gasteiger charge is 2.16. The van der Waals surface area contributed by atoms with Gasteiger partial charge in [-0.3, -0.25) is 0 Å². The summed E-state index contributed by atoms with van der Waals surface area (Å²) in [6, 6.07) is 8.76. The summed E-state index contributed by atoms with van der Waals surface area (Å²) in [5, 5.41) is 0. The topological polar surface area (TPSA) is 26.0 Å². The standard InChI is InChI=1S/C13H17N/c14-10-4-8-12-7-3-6-11-5-1-2-9-13(11)12/h1-2,4-5,8-9,12H,3,6-7,10,14H2/b8-4+. The average molecular weight is 187 g/mol. The second kappa shape index (κ2) is 4.43. The van der Waals surface area contributed by atoms with Crippen molar-refractivity contribution < 1.29 is 0 Å². The Hall–Kier alpha value is -1.08. The van der Waals surface area contributed by atoms with Gasteiger partial charge in [-0.1, -0.05) is 36.4 Å². The van der Waals surface area contributed by atoms with Gasteiger partial charge < -0.3 is 5.73 Å². The van der Waals surface area contributed by atoms with Gasteiger partial charge in [0.1, 0.15) is 0 Å². The Labute approximate surface area is 85.6 Å². The predicted molar refractivity (Wildman–Crippen MR) is 60.3 cm³/mol. The lowest BCUT2D eigenvalue weighted by atomic mass is 9.83. The molecule has 2 rings (SSSR count). The Morgan fingerprint density at radius 3 is 3.07 bits per heavy atom. The summed E-state index contributed by atoms with van der Waals surface area (Å²) in [5.41, 5.74) is 8.50. The smallest absolute Gasteiger partial charge is 0.0107 e. The number of benzene rings is 1. The highest BCUT2D eigenvalue weighted by atomic mass is 14.5. The fourth-order valence-corrected chi connectivity index (χ4v) is 2.23. The first-order valence-electron chi connectivity index (χ1n) is 5.36. The van der Waals surface area contributed by atoms with Crippen molar-refractivity contribution in [2.24, 2.45) is 5.73 Å². The van der Waals surface area contributed by atoms with Crippen LogP contribution in [0.3, 0.4) is 0 Å². The zero-order valence-electron chi connectivity index (χ0n) is 8.45. The van der Waals surface area contributed by atoms with Crippen molar-refractivity contribution in [3.05, 3.63) is 47.5 Å². The van der Waals surface area contributed by atoms with Crippen LogP contribution in [0.4, 0.5) is 0 Å². The molecule has 0 saturated heterocycles. The Morgan fingerprint density at radius 1 is 1.36 bits per heavy atom. The zero-order chi connectivity index (χ0) is 9.80. The molecule has 1 heteroatoms. The highest BCUT2D eigenvalue weighted by Crippen LogP contribution is 2.32. The summed E-state index contributed by atoms with van der Waals surface area (Å²) in [6.07, 6.45) is 8.15. The third-order valence-corrected chi connectivity index (χ3v) is 2.92. The van der Waals surface area contributed by atoms with Crippen molar-refractivity contribution in [2.45, 2.75) is 25.2 Å². The monoisotopic (exact) mass is 187 g/mol. The fraction of sp³-hybridized carbons (Fsp3) is 0.385. The van der Waals surface area contributed by atoms with Crippen LogP contribution in [0.5, 0.6) is 0 Å². The van der Waals surface area contributed by atoms with Crippen molar-refractivity contribution >= 4 is 0 Å². The van der Waals surface area contributed by atoms with Crippen LogP contribution < -0.4 is 5.73 Å². The maximum Gasteiger partial charge on any atom is 0.0107 e. The third kappa shape index (κ3) is 1.88. The summed E-state index contributed by atoms with van der Waals surface area (Å²) >= 11 is 0. The van der Waals surface area contributed by atoms with E-state index in [1.807, 2.05) is 0 Å². The minimum Gasteiger partial charge on any atom is -0.327 e. The summed E-state index contributed by atoms with van der Waals surface area (Å²) in [7, 11) is 0. The second-order valence-corrected chi connectivity index (χ2v) is 3.86. The van der Waals surface area contributed by atoms with Crippen molar-refractivity contribution in [1.82, 2.24) is 0 Å². The number of rotatable bonds is 2. The van der Waals surface area contributed by atoms with Crippen LogP contribution in [0.15, 0.2) is 36.4 Å². The Morgan fingerprint density at radius 2 is 2.21 bits per heavy atom. The van der Waals surface area contributed by atoms with Gasteiger partial charge in [0.05, 0.1) is 0 Å². The molecule has 1 aliphatic carbocycles. The Balaban J connectivity index is 2.26. The molecule has 0 bridgehead atoms. The quantitative estimate of drug-likeness (QED) is 0.708. The first-order valence-corrected chi connectivity index (χ1v) is 5.36. The fourth-order valence-electron chi connectivity index (χ4n) is 2.23. The molecule has 14 heavy (non-hydrogen) atoms. The van der Waals surface area contributed by atoms with Crippen LogP contribution in [-0.2, 0) is 6.42 Å². The number of hydrogen-bond donors (Lipinski definition) is 1. The molecule has 2 N–H and O–H groups in total. The van der Waals surface area contributed by atoms with Crippen molar-refractivity contribution in [3.63, 3.8) is 0 Å². The molecule has 0 aliphatic heterocycles. The van der Waals surface area contributed by atoms with Gasteiger partial charge in [-0.05, 0) is 30.4 Å². The maximum atomic E-state index is 5.48. The van der Waals surface area contributed by atoms with Gasteiger partial charge >= 0.3 is 0 Å². The van der Waals surface area contributed by atoms with Gasteiger partial charge in [0.25, 0.3) is 0 Å². The highest BCUT2D eigenvalue weighted by molar-refractivity contribution is 5.35. The number of nitrogens with two attached hydrogens (primary N) is 1. The maximum absolute atomic E-state index is 5.48. The molecule has 0 radical (unpaired) electrons. The van der Waals surface area contributed by atoms with Gasteiger partial charge in [-0.15, -0.1) is 0 Å². The lowest BCUT2D eigenvalue weighted by molar-refractivity contribution is 0.628. The predicted octanol–water partition coefficient (Wildman–Crippen LogP) is 2.62. The van der Waals surface area contributed by atoms with E-state index in [2.05, 4.69) is 36.4 Å². The van der Waals surface area contributed by atoms with Crippen molar-refractivity contribution in [1.29, 1.82) is 0 Å². The molecular formula is C13H17N. The second-order valence-electron chi connectivity index (χ2n) is 3.86. The van der Waals surface area contributed by atoms with E-state index >= 15 is 0 Å².